The predicted molar refractivity (Wildman–Crippen MR) is 124 cm³/mol. The average Bonchev–Trinajstić information content (AvgIpc) is 3.18. The Morgan fingerprint density at radius 3 is 2.68 bits per heavy atom. The molecule has 0 radical (unpaired) electrons. The van der Waals surface area contributed by atoms with Crippen LogP contribution < -0.4 is 0 Å². The Morgan fingerprint density at radius 1 is 1.19 bits per heavy atom. The van der Waals surface area contributed by atoms with Gasteiger partial charge in [0.25, 0.3) is 0 Å². The Bertz CT molecular complexity index is 1270. The zero-order chi connectivity index (χ0) is 21.8. The number of ketones is 1. The SMILES string of the molecule is C[C@H]1C(=O)C(C#N)=C[C@@]2(C)c3c(c(-c4ccccc4)nn3-c3cccc(Br)c3)CC[C@H]12. The number of carbonyl (C=O) groups excluding carboxylic acids is 1. The molecule has 0 N–H and O–H groups in total. The first-order chi connectivity index (χ1) is 14.9. The third-order valence-electron chi connectivity index (χ3n) is 6.92. The minimum Gasteiger partial charge on any atom is -0.293 e. The summed E-state index contributed by atoms with van der Waals surface area (Å²) in [5, 5.41) is 14.8. The van der Waals surface area contributed by atoms with Gasteiger partial charge in [0.05, 0.1) is 22.6 Å². The van der Waals surface area contributed by atoms with E-state index in [4.69, 9.17) is 5.10 Å². The molecule has 0 bridgehead atoms. The highest BCUT2D eigenvalue weighted by Crippen LogP contribution is 2.52. The highest BCUT2D eigenvalue weighted by atomic mass is 79.9. The summed E-state index contributed by atoms with van der Waals surface area (Å²) >= 11 is 3.59. The van der Waals surface area contributed by atoms with Gasteiger partial charge in [-0.15, -0.1) is 0 Å². The molecule has 4 nitrogen and oxygen atoms in total. The molecule has 31 heavy (non-hydrogen) atoms. The number of nitriles is 1. The van der Waals surface area contributed by atoms with Crippen molar-refractivity contribution in [2.75, 3.05) is 0 Å². The number of halogens is 1. The standard InChI is InChI=1S/C26H22BrN3O/c1-16-22-12-11-21-23(17-7-4-3-5-8-17)29-30(20-10-6-9-19(27)13-20)25(21)26(22,2)14-18(15-28)24(16)31/h3-10,13-14,16,22H,11-12H2,1-2H3/t16-,22-,26-/m1/s1. The monoisotopic (exact) mass is 471 g/mol. The first-order valence-electron chi connectivity index (χ1n) is 10.5. The smallest absolute Gasteiger partial charge is 0.176 e. The predicted octanol–water partition coefficient (Wildman–Crippen LogP) is 5.79. The molecule has 2 aromatic carbocycles. The van der Waals surface area contributed by atoms with Gasteiger partial charge in [-0.3, -0.25) is 4.79 Å². The molecular weight excluding hydrogens is 450 g/mol. The molecule has 5 heteroatoms. The Labute approximate surface area is 190 Å². The van der Waals surface area contributed by atoms with Crippen LogP contribution in [0.5, 0.6) is 0 Å². The molecule has 154 valence electrons. The lowest BCUT2D eigenvalue weighted by atomic mass is 9.57. The van der Waals surface area contributed by atoms with Crippen molar-refractivity contribution in [2.24, 2.45) is 11.8 Å². The second-order valence-corrected chi connectivity index (χ2v) is 9.60. The first kappa shape index (κ1) is 20.0. The summed E-state index contributed by atoms with van der Waals surface area (Å²) in [7, 11) is 0. The average molecular weight is 472 g/mol. The van der Waals surface area contributed by atoms with Gasteiger partial charge in [-0.05, 0) is 37.0 Å². The van der Waals surface area contributed by atoms with Crippen molar-refractivity contribution in [2.45, 2.75) is 32.1 Å². The molecule has 0 fully saturated rings. The summed E-state index contributed by atoms with van der Waals surface area (Å²) in [5.41, 5.74) is 5.14. The van der Waals surface area contributed by atoms with Gasteiger partial charge in [-0.2, -0.15) is 10.4 Å². The van der Waals surface area contributed by atoms with Crippen LogP contribution in [0.15, 0.2) is 70.7 Å². The van der Waals surface area contributed by atoms with E-state index in [1.165, 1.54) is 5.56 Å². The number of benzene rings is 2. The summed E-state index contributed by atoms with van der Waals surface area (Å²) in [6.45, 7) is 4.14. The van der Waals surface area contributed by atoms with E-state index < -0.39 is 5.41 Å². The fourth-order valence-electron chi connectivity index (χ4n) is 5.47. The molecular formula is C26H22BrN3O. The number of hydrogen-bond acceptors (Lipinski definition) is 3. The third kappa shape index (κ3) is 3.01. The van der Waals surface area contributed by atoms with Crippen LogP contribution >= 0.6 is 15.9 Å². The third-order valence-corrected chi connectivity index (χ3v) is 7.41. The van der Waals surface area contributed by atoms with Crippen molar-refractivity contribution in [1.82, 2.24) is 9.78 Å². The van der Waals surface area contributed by atoms with Crippen molar-refractivity contribution >= 4 is 21.7 Å². The van der Waals surface area contributed by atoms with E-state index in [0.29, 0.717) is 0 Å². The topological polar surface area (TPSA) is 58.7 Å². The summed E-state index contributed by atoms with van der Waals surface area (Å²) in [6.07, 6.45) is 3.67. The lowest BCUT2D eigenvalue weighted by Crippen LogP contribution is -2.46. The highest BCUT2D eigenvalue weighted by molar-refractivity contribution is 9.10. The fraction of sp³-hybridized carbons (Fsp3) is 0.269. The number of allylic oxidation sites excluding steroid dienone is 2. The molecule has 3 atom stereocenters. The van der Waals surface area contributed by atoms with Gasteiger partial charge in [-0.25, -0.2) is 4.68 Å². The molecule has 1 heterocycles. The van der Waals surface area contributed by atoms with E-state index in [2.05, 4.69) is 47.1 Å². The molecule has 2 aliphatic rings. The van der Waals surface area contributed by atoms with Gasteiger partial charge in [0.15, 0.2) is 5.78 Å². The van der Waals surface area contributed by atoms with E-state index in [-0.39, 0.29) is 23.2 Å². The van der Waals surface area contributed by atoms with Gasteiger partial charge in [-0.1, -0.05) is 72.3 Å². The van der Waals surface area contributed by atoms with Gasteiger partial charge in [0.1, 0.15) is 6.07 Å². The zero-order valence-corrected chi connectivity index (χ0v) is 19.1. The van der Waals surface area contributed by atoms with Crippen LogP contribution in [0.3, 0.4) is 0 Å². The van der Waals surface area contributed by atoms with Crippen LogP contribution in [-0.4, -0.2) is 15.6 Å². The number of rotatable bonds is 2. The zero-order valence-electron chi connectivity index (χ0n) is 17.5. The molecule has 3 aromatic rings. The van der Waals surface area contributed by atoms with Crippen LogP contribution in [-0.2, 0) is 16.6 Å². The minimum absolute atomic E-state index is 0.0368. The maximum atomic E-state index is 12.8. The molecule has 0 spiro atoms. The first-order valence-corrected chi connectivity index (χ1v) is 11.3. The lowest BCUT2D eigenvalue weighted by molar-refractivity contribution is -0.121. The van der Waals surface area contributed by atoms with Crippen LogP contribution in [0, 0.1) is 23.2 Å². The molecule has 0 aliphatic heterocycles. The Hall–Kier alpha value is -2.97. The minimum atomic E-state index is -0.450. The van der Waals surface area contributed by atoms with Crippen LogP contribution in [0.1, 0.15) is 31.5 Å². The second-order valence-electron chi connectivity index (χ2n) is 8.68. The van der Waals surface area contributed by atoms with Crippen molar-refractivity contribution in [1.29, 1.82) is 5.26 Å². The highest BCUT2D eigenvalue weighted by Gasteiger charge is 2.50. The van der Waals surface area contributed by atoms with E-state index in [1.54, 1.807) is 0 Å². The maximum Gasteiger partial charge on any atom is 0.176 e. The van der Waals surface area contributed by atoms with Gasteiger partial charge >= 0.3 is 0 Å². The van der Waals surface area contributed by atoms with Crippen molar-refractivity contribution < 1.29 is 4.79 Å². The number of Topliss-reactive ketones (excluding diaryl/α,β-unsaturated/α-hetero) is 1. The van der Waals surface area contributed by atoms with E-state index >= 15 is 0 Å². The summed E-state index contributed by atoms with van der Waals surface area (Å²) in [4.78, 5) is 12.8. The second kappa shape index (κ2) is 7.32. The molecule has 1 aromatic heterocycles. The van der Waals surface area contributed by atoms with Gasteiger partial charge in [0.2, 0.25) is 0 Å². The van der Waals surface area contributed by atoms with E-state index in [0.717, 1.165) is 40.0 Å². The van der Waals surface area contributed by atoms with Crippen molar-refractivity contribution in [3.63, 3.8) is 0 Å². The summed E-state index contributed by atoms with van der Waals surface area (Å²) < 4.78 is 3.01. The molecule has 5 rings (SSSR count). The van der Waals surface area contributed by atoms with E-state index in [1.807, 2.05) is 54.1 Å². The van der Waals surface area contributed by atoms with Crippen molar-refractivity contribution in [3.8, 4) is 23.0 Å². The molecule has 2 aliphatic carbocycles. The summed E-state index contributed by atoms with van der Waals surface area (Å²) in [5.74, 6) is -0.0927. The largest absolute Gasteiger partial charge is 0.293 e. The Balaban J connectivity index is 1.83. The van der Waals surface area contributed by atoms with Crippen molar-refractivity contribution in [3.05, 3.63) is 82.0 Å². The number of fused-ring (bicyclic) bond motifs is 3. The number of aromatic nitrogens is 2. The molecule has 0 saturated heterocycles. The number of carbonyl (C=O) groups is 1. The quantitative estimate of drug-likeness (QED) is 0.474. The van der Waals surface area contributed by atoms with Gasteiger partial charge in [0, 0.05) is 26.9 Å². The Kier molecular flexibility index (Phi) is 4.71. The van der Waals surface area contributed by atoms with E-state index in [9.17, 15) is 10.1 Å². The number of nitrogens with zero attached hydrogens (tertiary/aromatic N) is 3. The summed E-state index contributed by atoms with van der Waals surface area (Å²) in [6, 6.07) is 20.5. The van der Waals surface area contributed by atoms with Crippen LogP contribution in [0.2, 0.25) is 0 Å². The lowest BCUT2D eigenvalue weighted by Gasteiger charge is -2.45. The molecule has 0 unspecified atom stereocenters. The molecule has 0 saturated carbocycles. The molecule has 0 amide bonds. The number of hydrogen-bond donors (Lipinski definition) is 0. The van der Waals surface area contributed by atoms with Crippen LogP contribution in [0.4, 0.5) is 0 Å². The normalized spacial score (nSPS) is 24.7. The fourth-order valence-corrected chi connectivity index (χ4v) is 5.86. The Morgan fingerprint density at radius 2 is 1.97 bits per heavy atom. The van der Waals surface area contributed by atoms with Gasteiger partial charge < -0.3 is 0 Å². The van der Waals surface area contributed by atoms with Crippen LogP contribution in [0.25, 0.3) is 16.9 Å². The maximum absolute atomic E-state index is 12.8.